The Bertz CT molecular complexity index is 299. The van der Waals surface area contributed by atoms with Crippen LogP contribution in [0.2, 0.25) is 5.02 Å². The average molecular weight is 217 g/mol. The summed E-state index contributed by atoms with van der Waals surface area (Å²) in [6.07, 6.45) is -2.20. The SMILES string of the molecule is NCC(O)C(O)c1c(N)cccc1Cl. The van der Waals surface area contributed by atoms with E-state index in [9.17, 15) is 10.2 Å². The number of hydrogen-bond donors (Lipinski definition) is 4. The molecule has 0 aliphatic carbocycles. The second-order valence-electron chi connectivity index (χ2n) is 2.99. The summed E-state index contributed by atoms with van der Waals surface area (Å²) >= 11 is 5.83. The molecular formula is C9H13ClN2O2. The average Bonchev–Trinajstić information content (AvgIpc) is 2.16. The van der Waals surface area contributed by atoms with E-state index in [1.54, 1.807) is 18.2 Å². The lowest BCUT2D eigenvalue weighted by molar-refractivity contribution is 0.0248. The fourth-order valence-corrected chi connectivity index (χ4v) is 1.48. The van der Waals surface area contributed by atoms with Gasteiger partial charge in [0.05, 0.1) is 6.10 Å². The largest absolute Gasteiger partial charge is 0.398 e. The van der Waals surface area contributed by atoms with Crippen LogP contribution in [-0.2, 0) is 0 Å². The molecule has 6 N–H and O–H groups in total. The normalized spacial score (nSPS) is 15.1. The zero-order valence-electron chi connectivity index (χ0n) is 7.52. The lowest BCUT2D eigenvalue weighted by atomic mass is 10.0. The van der Waals surface area contributed by atoms with Gasteiger partial charge in [0.1, 0.15) is 6.10 Å². The molecule has 2 atom stereocenters. The van der Waals surface area contributed by atoms with Crippen molar-refractivity contribution in [1.82, 2.24) is 0 Å². The Balaban J connectivity index is 3.05. The number of anilines is 1. The maximum atomic E-state index is 9.66. The molecule has 0 radical (unpaired) electrons. The van der Waals surface area contributed by atoms with Crippen molar-refractivity contribution in [2.24, 2.45) is 5.73 Å². The van der Waals surface area contributed by atoms with Gasteiger partial charge in [0.15, 0.2) is 0 Å². The van der Waals surface area contributed by atoms with Crippen molar-refractivity contribution in [3.8, 4) is 0 Å². The molecule has 0 spiro atoms. The first-order chi connectivity index (χ1) is 6.57. The molecule has 0 aliphatic heterocycles. The number of halogens is 1. The van der Waals surface area contributed by atoms with E-state index in [0.717, 1.165) is 0 Å². The maximum absolute atomic E-state index is 9.66. The lowest BCUT2D eigenvalue weighted by Crippen LogP contribution is -2.27. The summed E-state index contributed by atoms with van der Waals surface area (Å²) in [5.41, 5.74) is 11.5. The standard InChI is InChI=1S/C9H13ClN2O2/c10-5-2-1-3-6(12)8(5)9(14)7(13)4-11/h1-3,7,9,13-14H,4,11-12H2. The fourth-order valence-electron chi connectivity index (χ4n) is 1.19. The van der Waals surface area contributed by atoms with Crippen molar-refractivity contribution in [2.45, 2.75) is 12.2 Å². The molecule has 4 nitrogen and oxygen atoms in total. The van der Waals surface area contributed by atoms with Crippen LogP contribution < -0.4 is 11.5 Å². The van der Waals surface area contributed by atoms with Crippen LogP contribution in [0.25, 0.3) is 0 Å². The van der Waals surface area contributed by atoms with Crippen molar-refractivity contribution in [3.63, 3.8) is 0 Å². The van der Waals surface area contributed by atoms with Gasteiger partial charge in [0.2, 0.25) is 0 Å². The predicted molar refractivity (Wildman–Crippen MR) is 55.9 cm³/mol. The monoisotopic (exact) mass is 216 g/mol. The van der Waals surface area contributed by atoms with Crippen LogP contribution in [-0.4, -0.2) is 22.9 Å². The number of benzene rings is 1. The minimum atomic E-state index is -1.14. The molecule has 5 heteroatoms. The van der Waals surface area contributed by atoms with E-state index in [4.69, 9.17) is 23.1 Å². The van der Waals surface area contributed by atoms with Crippen LogP contribution in [0.1, 0.15) is 11.7 Å². The second kappa shape index (κ2) is 4.61. The molecular weight excluding hydrogens is 204 g/mol. The Morgan fingerprint density at radius 3 is 2.50 bits per heavy atom. The molecule has 1 aromatic carbocycles. The van der Waals surface area contributed by atoms with Gasteiger partial charge < -0.3 is 21.7 Å². The minimum Gasteiger partial charge on any atom is -0.398 e. The Morgan fingerprint density at radius 2 is 2.00 bits per heavy atom. The van der Waals surface area contributed by atoms with Gasteiger partial charge in [0.25, 0.3) is 0 Å². The van der Waals surface area contributed by atoms with Crippen molar-refractivity contribution < 1.29 is 10.2 Å². The molecule has 78 valence electrons. The number of hydrogen-bond acceptors (Lipinski definition) is 4. The van der Waals surface area contributed by atoms with Crippen LogP contribution in [0.5, 0.6) is 0 Å². The van der Waals surface area contributed by atoms with Gasteiger partial charge in [-0.3, -0.25) is 0 Å². The van der Waals surface area contributed by atoms with E-state index >= 15 is 0 Å². The third-order valence-corrected chi connectivity index (χ3v) is 2.32. The van der Waals surface area contributed by atoms with Crippen molar-refractivity contribution >= 4 is 17.3 Å². The molecule has 2 unspecified atom stereocenters. The summed E-state index contributed by atoms with van der Waals surface area (Å²) in [6, 6.07) is 4.87. The van der Waals surface area contributed by atoms with E-state index in [-0.39, 0.29) is 6.54 Å². The number of aliphatic hydroxyl groups is 2. The van der Waals surface area contributed by atoms with Gasteiger partial charge in [0, 0.05) is 22.8 Å². The van der Waals surface area contributed by atoms with Crippen LogP contribution in [0.3, 0.4) is 0 Å². The van der Waals surface area contributed by atoms with Crippen LogP contribution in [0, 0.1) is 0 Å². The number of rotatable bonds is 3. The molecule has 0 saturated carbocycles. The van der Waals surface area contributed by atoms with Gasteiger partial charge in [-0.25, -0.2) is 0 Å². The summed E-state index contributed by atoms with van der Waals surface area (Å²) < 4.78 is 0. The lowest BCUT2D eigenvalue weighted by Gasteiger charge is -2.19. The topological polar surface area (TPSA) is 92.5 Å². The van der Waals surface area contributed by atoms with Crippen molar-refractivity contribution in [1.29, 1.82) is 0 Å². The zero-order chi connectivity index (χ0) is 10.7. The molecule has 14 heavy (non-hydrogen) atoms. The first-order valence-corrected chi connectivity index (χ1v) is 4.55. The Labute approximate surface area is 87.1 Å². The molecule has 0 saturated heterocycles. The van der Waals surface area contributed by atoms with Crippen LogP contribution >= 0.6 is 11.6 Å². The highest BCUT2D eigenvalue weighted by molar-refractivity contribution is 6.31. The Hall–Kier alpha value is -0.810. The first kappa shape index (κ1) is 11.3. The highest BCUT2D eigenvalue weighted by Gasteiger charge is 2.21. The van der Waals surface area contributed by atoms with Gasteiger partial charge in [-0.2, -0.15) is 0 Å². The Morgan fingerprint density at radius 1 is 1.36 bits per heavy atom. The third-order valence-electron chi connectivity index (χ3n) is 1.99. The van der Waals surface area contributed by atoms with Crippen molar-refractivity contribution in [2.75, 3.05) is 12.3 Å². The molecule has 1 rings (SSSR count). The van der Waals surface area contributed by atoms with E-state index in [1.807, 2.05) is 0 Å². The van der Waals surface area contributed by atoms with E-state index in [0.29, 0.717) is 16.3 Å². The Kier molecular flexibility index (Phi) is 3.71. The van der Waals surface area contributed by atoms with Crippen molar-refractivity contribution in [3.05, 3.63) is 28.8 Å². The quantitative estimate of drug-likeness (QED) is 0.546. The summed E-state index contributed by atoms with van der Waals surface area (Å²) in [7, 11) is 0. The highest BCUT2D eigenvalue weighted by atomic mass is 35.5. The molecule has 0 amide bonds. The first-order valence-electron chi connectivity index (χ1n) is 4.18. The molecule has 0 aliphatic rings. The molecule has 1 aromatic rings. The smallest absolute Gasteiger partial charge is 0.110 e. The number of nitrogens with two attached hydrogens (primary N) is 2. The minimum absolute atomic E-state index is 0.0498. The summed E-state index contributed by atoms with van der Waals surface area (Å²) in [6.45, 7) is -0.0498. The second-order valence-corrected chi connectivity index (χ2v) is 3.40. The van der Waals surface area contributed by atoms with Gasteiger partial charge >= 0.3 is 0 Å². The summed E-state index contributed by atoms with van der Waals surface area (Å²) in [5, 5.41) is 19.3. The zero-order valence-corrected chi connectivity index (χ0v) is 8.28. The van der Waals surface area contributed by atoms with E-state index in [1.165, 1.54) is 0 Å². The number of aliphatic hydroxyl groups excluding tert-OH is 2. The number of nitrogen functional groups attached to an aromatic ring is 1. The van der Waals surface area contributed by atoms with Gasteiger partial charge in [-0.1, -0.05) is 17.7 Å². The van der Waals surface area contributed by atoms with Crippen LogP contribution in [0.15, 0.2) is 18.2 Å². The molecule has 0 fully saturated rings. The molecule has 0 bridgehead atoms. The molecule has 0 aromatic heterocycles. The van der Waals surface area contributed by atoms with E-state index in [2.05, 4.69) is 0 Å². The van der Waals surface area contributed by atoms with E-state index < -0.39 is 12.2 Å². The third kappa shape index (κ3) is 2.16. The van der Waals surface area contributed by atoms with Gasteiger partial charge in [-0.15, -0.1) is 0 Å². The fraction of sp³-hybridized carbons (Fsp3) is 0.333. The molecule has 0 heterocycles. The summed E-state index contributed by atoms with van der Waals surface area (Å²) in [5.74, 6) is 0. The predicted octanol–water partition coefficient (Wildman–Crippen LogP) is 0.275. The summed E-state index contributed by atoms with van der Waals surface area (Å²) in [4.78, 5) is 0. The maximum Gasteiger partial charge on any atom is 0.110 e. The highest BCUT2D eigenvalue weighted by Crippen LogP contribution is 2.30. The van der Waals surface area contributed by atoms with Crippen LogP contribution in [0.4, 0.5) is 5.69 Å². The van der Waals surface area contributed by atoms with Gasteiger partial charge in [-0.05, 0) is 12.1 Å².